The van der Waals surface area contributed by atoms with Gasteiger partial charge in [-0.3, -0.25) is 9.89 Å². The SMILES string of the molecule is O=C(Nc1ccn[nH]1)c1ccc(O)cc1. The number of rotatable bonds is 2. The number of carbonyl (C=O) groups excluding carboxylic acids is 1. The molecule has 1 heterocycles. The van der Waals surface area contributed by atoms with Crippen molar-refractivity contribution in [3.05, 3.63) is 42.1 Å². The maximum absolute atomic E-state index is 11.6. The van der Waals surface area contributed by atoms with Crippen molar-refractivity contribution in [2.24, 2.45) is 0 Å². The molecule has 5 heteroatoms. The van der Waals surface area contributed by atoms with Gasteiger partial charge in [-0.25, -0.2) is 0 Å². The Morgan fingerprint density at radius 3 is 2.60 bits per heavy atom. The molecule has 1 aromatic carbocycles. The standard InChI is InChI=1S/C10H9N3O2/c14-8-3-1-7(2-4-8)10(15)12-9-5-6-11-13-9/h1-6,14H,(H2,11,12,13,15). The van der Waals surface area contributed by atoms with Gasteiger partial charge >= 0.3 is 0 Å². The summed E-state index contributed by atoms with van der Waals surface area (Å²) in [7, 11) is 0. The van der Waals surface area contributed by atoms with E-state index in [0.717, 1.165) is 0 Å². The fourth-order valence-corrected chi connectivity index (χ4v) is 1.13. The van der Waals surface area contributed by atoms with Gasteiger partial charge in [0.05, 0.1) is 6.20 Å². The third-order valence-corrected chi connectivity index (χ3v) is 1.88. The number of aromatic nitrogens is 2. The molecule has 0 saturated heterocycles. The Bertz CT molecular complexity index is 448. The maximum atomic E-state index is 11.6. The highest BCUT2D eigenvalue weighted by Crippen LogP contribution is 2.11. The summed E-state index contributed by atoms with van der Waals surface area (Å²) in [6.45, 7) is 0. The molecule has 76 valence electrons. The first-order valence-electron chi connectivity index (χ1n) is 4.35. The lowest BCUT2D eigenvalue weighted by atomic mass is 10.2. The van der Waals surface area contributed by atoms with Crippen LogP contribution in [0.3, 0.4) is 0 Å². The first-order valence-corrected chi connectivity index (χ1v) is 4.35. The van der Waals surface area contributed by atoms with Gasteiger partial charge in [0.25, 0.3) is 5.91 Å². The predicted molar refractivity (Wildman–Crippen MR) is 54.6 cm³/mol. The van der Waals surface area contributed by atoms with Crippen molar-refractivity contribution >= 4 is 11.7 Å². The summed E-state index contributed by atoms with van der Waals surface area (Å²) < 4.78 is 0. The minimum Gasteiger partial charge on any atom is -0.508 e. The molecule has 0 radical (unpaired) electrons. The van der Waals surface area contributed by atoms with E-state index in [0.29, 0.717) is 11.4 Å². The molecule has 5 nitrogen and oxygen atoms in total. The molecular weight excluding hydrogens is 194 g/mol. The Labute approximate surface area is 85.8 Å². The van der Waals surface area contributed by atoms with E-state index in [1.807, 2.05) is 0 Å². The van der Waals surface area contributed by atoms with Gasteiger partial charge in [0.2, 0.25) is 0 Å². The highest BCUT2D eigenvalue weighted by atomic mass is 16.3. The third-order valence-electron chi connectivity index (χ3n) is 1.88. The molecule has 15 heavy (non-hydrogen) atoms. The quantitative estimate of drug-likeness (QED) is 0.689. The number of carbonyl (C=O) groups is 1. The van der Waals surface area contributed by atoms with E-state index < -0.39 is 0 Å². The topological polar surface area (TPSA) is 78.0 Å². The van der Waals surface area contributed by atoms with Crippen LogP contribution in [0.25, 0.3) is 0 Å². The zero-order valence-corrected chi connectivity index (χ0v) is 7.77. The van der Waals surface area contributed by atoms with Gasteiger partial charge in [0.15, 0.2) is 0 Å². The number of phenols is 1. The number of phenolic OH excluding ortho intramolecular Hbond substituents is 1. The van der Waals surface area contributed by atoms with Crippen LogP contribution in [0.4, 0.5) is 5.82 Å². The number of nitrogens with one attached hydrogen (secondary N) is 2. The van der Waals surface area contributed by atoms with Crippen LogP contribution in [0.15, 0.2) is 36.5 Å². The Morgan fingerprint density at radius 2 is 2.00 bits per heavy atom. The number of H-pyrrole nitrogens is 1. The van der Waals surface area contributed by atoms with E-state index >= 15 is 0 Å². The van der Waals surface area contributed by atoms with Crippen molar-refractivity contribution in [2.45, 2.75) is 0 Å². The van der Waals surface area contributed by atoms with E-state index in [2.05, 4.69) is 15.5 Å². The van der Waals surface area contributed by atoms with Crippen LogP contribution in [0.5, 0.6) is 5.75 Å². The van der Waals surface area contributed by atoms with E-state index in [1.165, 1.54) is 12.1 Å². The van der Waals surface area contributed by atoms with Gasteiger partial charge in [0, 0.05) is 11.6 Å². The molecule has 0 aliphatic carbocycles. The molecule has 0 bridgehead atoms. The average molecular weight is 203 g/mol. The lowest BCUT2D eigenvalue weighted by Crippen LogP contribution is -2.11. The number of aromatic amines is 1. The van der Waals surface area contributed by atoms with E-state index in [9.17, 15) is 4.79 Å². The van der Waals surface area contributed by atoms with E-state index in [4.69, 9.17) is 5.11 Å². The zero-order valence-electron chi connectivity index (χ0n) is 7.77. The van der Waals surface area contributed by atoms with E-state index in [1.54, 1.807) is 24.4 Å². The lowest BCUT2D eigenvalue weighted by Gasteiger charge is -2.01. The first-order chi connectivity index (χ1) is 7.25. The Hall–Kier alpha value is -2.30. The minimum absolute atomic E-state index is 0.132. The molecular formula is C10H9N3O2. The second kappa shape index (κ2) is 3.83. The van der Waals surface area contributed by atoms with Crippen LogP contribution in [0.1, 0.15) is 10.4 Å². The van der Waals surface area contributed by atoms with Crippen LogP contribution in [-0.2, 0) is 0 Å². The van der Waals surface area contributed by atoms with Gasteiger partial charge < -0.3 is 10.4 Å². The fourth-order valence-electron chi connectivity index (χ4n) is 1.13. The normalized spacial score (nSPS) is 9.87. The Kier molecular flexibility index (Phi) is 2.37. The summed E-state index contributed by atoms with van der Waals surface area (Å²) in [6, 6.07) is 7.66. The van der Waals surface area contributed by atoms with Gasteiger partial charge in [-0.05, 0) is 24.3 Å². The molecule has 3 N–H and O–H groups in total. The highest BCUT2D eigenvalue weighted by Gasteiger charge is 2.05. The predicted octanol–water partition coefficient (Wildman–Crippen LogP) is 1.37. The number of amides is 1. The molecule has 2 aromatic rings. The molecule has 0 aliphatic rings. The monoisotopic (exact) mass is 203 g/mol. The van der Waals surface area contributed by atoms with Gasteiger partial charge in [0.1, 0.15) is 11.6 Å². The summed E-state index contributed by atoms with van der Waals surface area (Å²) in [5.74, 6) is 0.417. The summed E-state index contributed by atoms with van der Waals surface area (Å²) >= 11 is 0. The minimum atomic E-state index is -0.251. The van der Waals surface area contributed by atoms with Gasteiger partial charge in [-0.15, -0.1) is 0 Å². The summed E-state index contributed by atoms with van der Waals surface area (Å²) in [5.41, 5.74) is 0.474. The van der Waals surface area contributed by atoms with Crippen LogP contribution in [0, 0.1) is 0 Å². The molecule has 1 aromatic heterocycles. The van der Waals surface area contributed by atoms with Crippen LogP contribution < -0.4 is 5.32 Å². The van der Waals surface area contributed by atoms with Crippen LogP contribution in [0.2, 0.25) is 0 Å². The second-order valence-corrected chi connectivity index (χ2v) is 2.97. The highest BCUT2D eigenvalue weighted by molar-refractivity contribution is 6.03. The van der Waals surface area contributed by atoms with Crippen molar-refractivity contribution in [2.75, 3.05) is 5.32 Å². The van der Waals surface area contributed by atoms with Gasteiger partial charge in [-0.1, -0.05) is 0 Å². The summed E-state index contributed by atoms with van der Waals surface area (Å²) in [6.07, 6.45) is 1.55. The number of anilines is 1. The number of nitrogens with zero attached hydrogens (tertiary/aromatic N) is 1. The van der Waals surface area contributed by atoms with Crippen molar-refractivity contribution < 1.29 is 9.90 Å². The smallest absolute Gasteiger partial charge is 0.256 e. The maximum Gasteiger partial charge on any atom is 0.256 e. The number of benzene rings is 1. The molecule has 0 spiro atoms. The molecule has 0 unspecified atom stereocenters. The summed E-state index contributed by atoms with van der Waals surface area (Å²) in [5, 5.41) is 18.0. The lowest BCUT2D eigenvalue weighted by molar-refractivity contribution is 0.102. The largest absolute Gasteiger partial charge is 0.508 e. The number of hydrogen-bond donors (Lipinski definition) is 3. The Morgan fingerprint density at radius 1 is 1.27 bits per heavy atom. The van der Waals surface area contributed by atoms with Crippen molar-refractivity contribution in [1.82, 2.24) is 10.2 Å². The van der Waals surface area contributed by atoms with Crippen LogP contribution >= 0.6 is 0 Å². The molecule has 0 fully saturated rings. The molecule has 0 saturated carbocycles. The third kappa shape index (κ3) is 2.14. The second-order valence-electron chi connectivity index (χ2n) is 2.97. The molecule has 0 atom stereocenters. The fraction of sp³-hybridized carbons (Fsp3) is 0. The number of aromatic hydroxyl groups is 1. The van der Waals surface area contributed by atoms with Crippen LogP contribution in [-0.4, -0.2) is 21.2 Å². The zero-order chi connectivity index (χ0) is 10.7. The molecule has 1 amide bonds. The summed E-state index contributed by atoms with van der Waals surface area (Å²) in [4.78, 5) is 11.6. The first kappa shape index (κ1) is 9.26. The van der Waals surface area contributed by atoms with Crippen molar-refractivity contribution in [3.8, 4) is 5.75 Å². The molecule has 0 aliphatic heterocycles. The van der Waals surface area contributed by atoms with Crippen molar-refractivity contribution in [3.63, 3.8) is 0 Å². The van der Waals surface area contributed by atoms with E-state index in [-0.39, 0.29) is 11.7 Å². The molecule has 2 rings (SSSR count). The van der Waals surface area contributed by atoms with Gasteiger partial charge in [-0.2, -0.15) is 5.10 Å². The number of hydrogen-bond acceptors (Lipinski definition) is 3. The average Bonchev–Trinajstić information content (AvgIpc) is 2.71. The Balaban J connectivity index is 2.11. The van der Waals surface area contributed by atoms with Crippen molar-refractivity contribution in [1.29, 1.82) is 0 Å².